The summed E-state index contributed by atoms with van der Waals surface area (Å²) in [4.78, 5) is 21.8. The smallest absolute Gasteiger partial charge is 0.348 e. The lowest BCUT2D eigenvalue weighted by atomic mass is 10.1. The predicted octanol–water partition coefficient (Wildman–Crippen LogP) is 2.54. The first kappa shape index (κ1) is 14.5. The van der Waals surface area contributed by atoms with Crippen molar-refractivity contribution in [2.24, 2.45) is 0 Å². The van der Waals surface area contributed by atoms with E-state index in [9.17, 15) is 9.59 Å². The number of allylic oxidation sites excluding steroid dienone is 3. The van der Waals surface area contributed by atoms with E-state index in [1.165, 1.54) is 11.1 Å². The van der Waals surface area contributed by atoms with Crippen LogP contribution in [0.4, 0.5) is 0 Å². The van der Waals surface area contributed by atoms with Crippen molar-refractivity contribution in [2.45, 2.75) is 46.1 Å². The molecule has 0 aromatic rings. The zero-order valence-electron chi connectivity index (χ0n) is 11.2. The Hall–Kier alpha value is -1.58. The highest BCUT2D eigenvalue weighted by atomic mass is 16.6. The van der Waals surface area contributed by atoms with Crippen molar-refractivity contribution in [3.8, 4) is 0 Å². The number of ether oxygens (including phenoxy) is 2. The van der Waals surface area contributed by atoms with Crippen LogP contribution in [-0.2, 0) is 19.1 Å². The minimum atomic E-state index is -0.683. The fraction of sp³-hybridized carbons (Fsp3) is 0.571. The van der Waals surface area contributed by atoms with Gasteiger partial charge in [0, 0.05) is 0 Å². The van der Waals surface area contributed by atoms with E-state index in [2.05, 4.69) is 24.7 Å². The summed E-state index contributed by atoms with van der Waals surface area (Å²) < 4.78 is 9.59. The van der Waals surface area contributed by atoms with Crippen LogP contribution in [0.3, 0.4) is 0 Å². The minimum Gasteiger partial charge on any atom is -0.459 e. The maximum absolute atomic E-state index is 11.3. The molecular formula is C14H20O4. The molecule has 1 rings (SSSR count). The van der Waals surface area contributed by atoms with E-state index in [-0.39, 0.29) is 19.0 Å². The van der Waals surface area contributed by atoms with E-state index in [4.69, 9.17) is 4.74 Å². The molecule has 100 valence electrons. The van der Waals surface area contributed by atoms with E-state index in [0.29, 0.717) is 0 Å². The van der Waals surface area contributed by atoms with Gasteiger partial charge in [-0.15, -0.1) is 0 Å². The van der Waals surface area contributed by atoms with Gasteiger partial charge in [-0.25, -0.2) is 4.79 Å². The Balaban J connectivity index is 2.17. The van der Waals surface area contributed by atoms with Crippen molar-refractivity contribution in [1.29, 1.82) is 0 Å². The van der Waals surface area contributed by atoms with Gasteiger partial charge >= 0.3 is 11.9 Å². The van der Waals surface area contributed by atoms with Gasteiger partial charge in [-0.05, 0) is 39.7 Å². The molecule has 1 aliphatic rings. The standard InChI is InChI=1S/C14H20O4/c1-10(2)5-4-6-11(3)7-8-17-14(16)12-9-13(15)18-12/h5,7,12H,4,6,8-9H2,1-3H3/b11-7+. The molecule has 0 aromatic heterocycles. The monoisotopic (exact) mass is 252 g/mol. The molecule has 0 saturated carbocycles. The molecule has 0 bridgehead atoms. The largest absolute Gasteiger partial charge is 0.459 e. The molecule has 1 saturated heterocycles. The van der Waals surface area contributed by atoms with Crippen molar-refractivity contribution in [2.75, 3.05) is 6.61 Å². The SMILES string of the molecule is CC(C)=CCC/C(C)=C/COC(=O)C1CC(=O)O1. The first-order chi connectivity index (χ1) is 8.49. The average Bonchev–Trinajstić information content (AvgIpc) is 2.24. The number of carbonyl (C=O) groups excluding carboxylic acids is 2. The zero-order chi connectivity index (χ0) is 13.5. The molecule has 0 aromatic carbocycles. The summed E-state index contributed by atoms with van der Waals surface area (Å²) in [5, 5.41) is 0. The van der Waals surface area contributed by atoms with Crippen molar-refractivity contribution >= 4 is 11.9 Å². The first-order valence-electron chi connectivity index (χ1n) is 6.14. The van der Waals surface area contributed by atoms with E-state index < -0.39 is 12.1 Å². The summed E-state index contributed by atoms with van der Waals surface area (Å²) in [7, 11) is 0. The number of carbonyl (C=O) groups is 2. The van der Waals surface area contributed by atoms with Crippen LogP contribution in [0.25, 0.3) is 0 Å². The van der Waals surface area contributed by atoms with Crippen LogP contribution in [0.2, 0.25) is 0 Å². The Kier molecular flexibility index (Phi) is 5.62. The summed E-state index contributed by atoms with van der Waals surface area (Å²) in [5.41, 5.74) is 2.49. The lowest BCUT2D eigenvalue weighted by molar-refractivity contribution is -0.184. The Morgan fingerprint density at radius 3 is 2.61 bits per heavy atom. The maximum atomic E-state index is 11.3. The van der Waals surface area contributed by atoms with E-state index in [1.807, 2.05) is 13.0 Å². The van der Waals surface area contributed by atoms with Gasteiger partial charge in [0.1, 0.15) is 6.61 Å². The number of esters is 2. The lowest BCUT2D eigenvalue weighted by Crippen LogP contribution is -2.40. The summed E-state index contributed by atoms with van der Waals surface area (Å²) in [6.07, 6.45) is 5.48. The fourth-order valence-electron chi connectivity index (χ4n) is 1.48. The molecule has 0 N–H and O–H groups in total. The summed E-state index contributed by atoms with van der Waals surface area (Å²) >= 11 is 0. The molecule has 0 amide bonds. The van der Waals surface area contributed by atoms with Crippen LogP contribution < -0.4 is 0 Å². The molecule has 1 unspecified atom stereocenters. The second kappa shape index (κ2) is 6.99. The van der Waals surface area contributed by atoms with Gasteiger partial charge in [0.2, 0.25) is 6.10 Å². The van der Waals surface area contributed by atoms with Gasteiger partial charge in [-0.2, -0.15) is 0 Å². The molecule has 4 heteroatoms. The van der Waals surface area contributed by atoms with Gasteiger partial charge in [0.25, 0.3) is 0 Å². The third kappa shape index (κ3) is 5.17. The summed E-state index contributed by atoms with van der Waals surface area (Å²) in [6, 6.07) is 0. The Labute approximate surface area is 108 Å². The minimum absolute atomic E-state index is 0.141. The van der Waals surface area contributed by atoms with Crippen molar-refractivity contribution < 1.29 is 19.1 Å². The third-order valence-corrected chi connectivity index (χ3v) is 2.64. The molecule has 1 aliphatic heterocycles. The Bertz CT molecular complexity index is 367. The van der Waals surface area contributed by atoms with Crippen LogP contribution in [0.15, 0.2) is 23.3 Å². The van der Waals surface area contributed by atoms with Gasteiger partial charge in [0.05, 0.1) is 6.42 Å². The van der Waals surface area contributed by atoms with Crippen LogP contribution in [0, 0.1) is 0 Å². The summed E-state index contributed by atoms with van der Waals surface area (Å²) in [5.74, 6) is -0.798. The zero-order valence-corrected chi connectivity index (χ0v) is 11.2. The molecule has 18 heavy (non-hydrogen) atoms. The molecular weight excluding hydrogens is 232 g/mol. The number of hydrogen-bond acceptors (Lipinski definition) is 4. The molecule has 1 atom stereocenters. The highest BCUT2D eigenvalue weighted by molar-refractivity contribution is 5.89. The van der Waals surface area contributed by atoms with Gasteiger partial charge < -0.3 is 9.47 Å². The second-order valence-electron chi connectivity index (χ2n) is 4.68. The molecule has 4 nitrogen and oxygen atoms in total. The molecule has 0 spiro atoms. The average molecular weight is 252 g/mol. The van der Waals surface area contributed by atoms with E-state index in [0.717, 1.165) is 12.8 Å². The van der Waals surface area contributed by atoms with Crippen molar-refractivity contribution in [3.63, 3.8) is 0 Å². The third-order valence-electron chi connectivity index (χ3n) is 2.64. The Morgan fingerprint density at radius 2 is 2.06 bits per heavy atom. The van der Waals surface area contributed by atoms with E-state index >= 15 is 0 Å². The van der Waals surface area contributed by atoms with Crippen LogP contribution in [-0.4, -0.2) is 24.6 Å². The highest BCUT2D eigenvalue weighted by Gasteiger charge is 2.36. The van der Waals surface area contributed by atoms with E-state index in [1.54, 1.807) is 0 Å². The number of cyclic esters (lactones) is 1. The van der Waals surface area contributed by atoms with Crippen LogP contribution >= 0.6 is 0 Å². The maximum Gasteiger partial charge on any atom is 0.348 e. The second-order valence-corrected chi connectivity index (χ2v) is 4.68. The molecule has 0 aliphatic carbocycles. The summed E-state index contributed by atoms with van der Waals surface area (Å²) in [6.45, 7) is 6.39. The normalized spacial score (nSPS) is 18.7. The number of rotatable bonds is 6. The van der Waals surface area contributed by atoms with Crippen LogP contribution in [0.1, 0.15) is 40.0 Å². The highest BCUT2D eigenvalue weighted by Crippen LogP contribution is 2.14. The lowest BCUT2D eigenvalue weighted by Gasteiger charge is -2.22. The van der Waals surface area contributed by atoms with Gasteiger partial charge in [0.15, 0.2) is 0 Å². The predicted molar refractivity (Wildman–Crippen MR) is 67.9 cm³/mol. The quantitative estimate of drug-likeness (QED) is 0.538. The van der Waals surface area contributed by atoms with Crippen molar-refractivity contribution in [1.82, 2.24) is 0 Å². The van der Waals surface area contributed by atoms with Crippen molar-refractivity contribution in [3.05, 3.63) is 23.3 Å². The van der Waals surface area contributed by atoms with Gasteiger partial charge in [-0.1, -0.05) is 17.2 Å². The number of hydrogen-bond donors (Lipinski definition) is 0. The first-order valence-corrected chi connectivity index (χ1v) is 6.14. The van der Waals surface area contributed by atoms with Gasteiger partial charge in [-0.3, -0.25) is 4.79 Å². The fourth-order valence-corrected chi connectivity index (χ4v) is 1.48. The molecule has 0 radical (unpaired) electrons. The molecule has 1 heterocycles. The van der Waals surface area contributed by atoms with Crippen LogP contribution in [0.5, 0.6) is 0 Å². The molecule has 1 fully saturated rings. The topological polar surface area (TPSA) is 52.6 Å². The Morgan fingerprint density at radius 1 is 1.39 bits per heavy atom.